The maximum absolute atomic E-state index is 12.7. The average Bonchev–Trinajstić information content (AvgIpc) is 2.67. The van der Waals surface area contributed by atoms with Gasteiger partial charge in [0.25, 0.3) is 5.91 Å². The van der Waals surface area contributed by atoms with Crippen molar-refractivity contribution < 1.29 is 18.0 Å². The van der Waals surface area contributed by atoms with Gasteiger partial charge in [-0.15, -0.1) is 0 Å². The Labute approximate surface area is 154 Å². The van der Waals surface area contributed by atoms with Gasteiger partial charge in [0, 0.05) is 44.8 Å². The third-order valence-corrected chi connectivity index (χ3v) is 7.02. The van der Waals surface area contributed by atoms with Gasteiger partial charge in [-0.25, -0.2) is 8.42 Å². The molecule has 26 heavy (non-hydrogen) atoms. The van der Waals surface area contributed by atoms with Gasteiger partial charge in [-0.2, -0.15) is 4.31 Å². The van der Waals surface area contributed by atoms with E-state index in [4.69, 9.17) is 0 Å². The summed E-state index contributed by atoms with van der Waals surface area (Å²) in [5.74, 6) is 0.456. The van der Waals surface area contributed by atoms with E-state index in [0.717, 1.165) is 32.3 Å². The monoisotopic (exact) mass is 379 g/mol. The van der Waals surface area contributed by atoms with E-state index in [0.29, 0.717) is 24.6 Å². The Balaban J connectivity index is 1.70. The van der Waals surface area contributed by atoms with Crippen LogP contribution in [0.1, 0.15) is 30.1 Å². The van der Waals surface area contributed by atoms with Crippen molar-refractivity contribution in [3.63, 3.8) is 0 Å². The minimum absolute atomic E-state index is 0.0416. The van der Waals surface area contributed by atoms with E-state index in [-0.39, 0.29) is 23.9 Å². The Hall–Kier alpha value is -1.93. The molecule has 2 aliphatic heterocycles. The quantitative estimate of drug-likeness (QED) is 0.732. The molecular formula is C18H25N3O4S. The summed E-state index contributed by atoms with van der Waals surface area (Å²) in [5.41, 5.74) is 0.517. The fourth-order valence-electron chi connectivity index (χ4n) is 3.52. The fraction of sp³-hybridized carbons (Fsp3) is 0.556. The van der Waals surface area contributed by atoms with Crippen LogP contribution in [-0.2, 0) is 14.8 Å². The van der Waals surface area contributed by atoms with Crippen LogP contribution in [0.25, 0.3) is 0 Å². The van der Waals surface area contributed by atoms with E-state index in [1.54, 1.807) is 17.0 Å². The van der Waals surface area contributed by atoms with E-state index < -0.39 is 10.0 Å². The zero-order valence-corrected chi connectivity index (χ0v) is 15.8. The van der Waals surface area contributed by atoms with Crippen molar-refractivity contribution in [2.24, 2.45) is 5.92 Å². The van der Waals surface area contributed by atoms with Gasteiger partial charge in [0.05, 0.1) is 4.90 Å². The van der Waals surface area contributed by atoms with Crippen LogP contribution in [0.5, 0.6) is 0 Å². The van der Waals surface area contributed by atoms with Crippen molar-refractivity contribution in [3.05, 3.63) is 29.8 Å². The molecule has 1 atom stereocenters. The van der Waals surface area contributed by atoms with Crippen molar-refractivity contribution in [1.29, 1.82) is 0 Å². The summed E-state index contributed by atoms with van der Waals surface area (Å²) in [6.07, 6.45) is 2.89. The van der Waals surface area contributed by atoms with Crippen LogP contribution in [0, 0.1) is 5.92 Å². The van der Waals surface area contributed by atoms with Crippen LogP contribution in [0.3, 0.4) is 0 Å². The minimum Gasteiger partial charge on any atom is -0.343 e. The average molecular weight is 379 g/mol. The highest BCUT2D eigenvalue weighted by molar-refractivity contribution is 7.89. The number of benzene rings is 1. The molecule has 142 valence electrons. The first-order valence-electron chi connectivity index (χ1n) is 9.00. The number of carbonyl (C=O) groups excluding carboxylic acids is 2. The molecule has 2 fully saturated rings. The van der Waals surface area contributed by atoms with Crippen molar-refractivity contribution >= 4 is 22.3 Å². The predicted molar refractivity (Wildman–Crippen MR) is 97.1 cm³/mol. The maximum atomic E-state index is 12.7. The summed E-state index contributed by atoms with van der Waals surface area (Å²) in [7, 11) is -3.60. The third-order valence-electron chi connectivity index (χ3n) is 5.11. The zero-order chi connectivity index (χ0) is 18.7. The molecule has 3 rings (SSSR count). The van der Waals surface area contributed by atoms with Gasteiger partial charge in [-0.05, 0) is 43.0 Å². The maximum Gasteiger partial charge on any atom is 0.253 e. The number of nitrogens with zero attached hydrogens (tertiary/aromatic N) is 3. The summed E-state index contributed by atoms with van der Waals surface area (Å²) < 4.78 is 26.8. The number of carbonyl (C=O) groups is 2. The Morgan fingerprint density at radius 3 is 2.31 bits per heavy atom. The van der Waals surface area contributed by atoms with Crippen LogP contribution in [0.4, 0.5) is 0 Å². The lowest BCUT2D eigenvalue weighted by Gasteiger charge is -2.32. The largest absolute Gasteiger partial charge is 0.343 e. The molecule has 8 heteroatoms. The van der Waals surface area contributed by atoms with Gasteiger partial charge < -0.3 is 9.80 Å². The molecule has 1 unspecified atom stereocenters. The number of hydrogen-bond acceptors (Lipinski definition) is 4. The van der Waals surface area contributed by atoms with E-state index in [9.17, 15) is 18.0 Å². The standard InChI is InChI=1S/C18H25N3O4S/c1-15-3-2-8-20(13-15)18(23)16-4-6-17(7-5-16)26(24,25)21-11-9-19(14-22)10-12-21/h4-7,14-15H,2-3,8-13H2,1H3. The second kappa shape index (κ2) is 7.75. The lowest BCUT2D eigenvalue weighted by Crippen LogP contribution is -2.47. The first kappa shape index (κ1) is 18.8. The number of hydrogen-bond donors (Lipinski definition) is 0. The number of piperidine rings is 1. The molecule has 0 radical (unpaired) electrons. The number of piperazine rings is 1. The van der Waals surface area contributed by atoms with Gasteiger partial charge in [0.15, 0.2) is 0 Å². The third kappa shape index (κ3) is 3.91. The summed E-state index contributed by atoms with van der Waals surface area (Å²) in [5, 5.41) is 0. The molecule has 0 N–H and O–H groups in total. The SMILES string of the molecule is CC1CCCN(C(=O)c2ccc(S(=O)(=O)N3CCN(C=O)CC3)cc2)C1. The molecule has 2 heterocycles. The second-order valence-electron chi connectivity index (χ2n) is 7.07. The Bertz CT molecular complexity index is 755. The van der Waals surface area contributed by atoms with Crippen molar-refractivity contribution in [2.45, 2.75) is 24.7 Å². The molecule has 1 aromatic rings. The van der Waals surface area contributed by atoms with Crippen molar-refractivity contribution in [2.75, 3.05) is 39.3 Å². The molecule has 0 saturated carbocycles. The first-order chi connectivity index (χ1) is 12.4. The highest BCUT2D eigenvalue weighted by Crippen LogP contribution is 2.21. The molecule has 0 bridgehead atoms. The number of sulfonamides is 1. The van der Waals surface area contributed by atoms with Crippen LogP contribution >= 0.6 is 0 Å². The molecule has 2 saturated heterocycles. The topological polar surface area (TPSA) is 78.0 Å². The van der Waals surface area contributed by atoms with E-state index in [2.05, 4.69) is 6.92 Å². The normalized spacial score (nSPS) is 22.3. The molecule has 7 nitrogen and oxygen atoms in total. The first-order valence-corrected chi connectivity index (χ1v) is 10.4. The van der Waals surface area contributed by atoms with E-state index in [1.807, 2.05) is 4.90 Å². The lowest BCUT2D eigenvalue weighted by atomic mass is 9.99. The van der Waals surface area contributed by atoms with Gasteiger partial charge in [-0.3, -0.25) is 9.59 Å². The summed E-state index contributed by atoms with van der Waals surface area (Å²) >= 11 is 0. The summed E-state index contributed by atoms with van der Waals surface area (Å²) in [4.78, 5) is 27.0. The minimum atomic E-state index is -3.60. The van der Waals surface area contributed by atoms with Crippen molar-refractivity contribution in [1.82, 2.24) is 14.1 Å². The zero-order valence-electron chi connectivity index (χ0n) is 15.0. The molecule has 0 aromatic heterocycles. The van der Waals surface area contributed by atoms with E-state index >= 15 is 0 Å². The van der Waals surface area contributed by atoms with Gasteiger partial charge in [-0.1, -0.05) is 6.92 Å². The second-order valence-corrected chi connectivity index (χ2v) is 9.01. The van der Waals surface area contributed by atoms with Crippen molar-refractivity contribution in [3.8, 4) is 0 Å². The smallest absolute Gasteiger partial charge is 0.253 e. The lowest BCUT2D eigenvalue weighted by molar-refractivity contribution is -0.119. The molecular weight excluding hydrogens is 354 g/mol. The Morgan fingerprint density at radius 2 is 1.73 bits per heavy atom. The number of rotatable bonds is 4. The molecule has 2 amide bonds. The van der Waals surface area contributed by atoms with Crippen LogP contribution < -0.4 is 0 Å². The fourth-order valence-corrected chi connectivity index (χ4v) is 4.95. The summed E-state index contributed by atoms with van der Waals surface area (Å²) in [6, 6.07) is 6.19. The molecule has 0 spiro atoms. The van der Waals surface area contributed by atoms with E-state index in [1.165, 1.54) is 16.4 Å². The summed E-state index contributed by atoms with van der Waals surface area (Å²) in [6.45, 7) is 5.00. The van der Waals surface area contributed by atoms with Crippen LogP contribution in [-0.4, -0.2) is 74.1 Å². The molecule has 1 aromatic carbocycles. The number of amides is 2. The van der Waals surface area contributed by atoms with Gasteiger partial charge >= 0.3 is 0 Å². The number of likely N-dealkylation sites (tertiary alicyclic amines) is 1. The van der Waals surface area contributed by atoms with Gasteiger partial charge in [0.1, 0.15) is 0 Å². The molecule has 2 aliphatic rings. The van der Waals surface area contributed by atoms with Crippen LogP contribution in [0.15, 0.2) is 29.2 Å². The Morgan fingerprint density at radius 1 is 1.08 bits per heavy atom. The van der Waals surface area contributed by atoms with Gasteiger partial charge in [0.2, 0.25) is 16.4 Å². The Kier molecular flexibility index (Phi) is 5.62. The highest BCUT2D eigenvalue weighted by atomic mass is 32.2. The predicted octanol–water partition coefficient (Wildman–Crippen LogP) is 1.02. The molecule has 0 aliphatic carbocycles. The van der Waals surface area contributed by atoms with Crippen LogP contribution in [0.2, 0.25) is 0 Å². The highest BCUT2D eigenvalue weighted by Gasteiger charge is 2.28.